The molecular weight excluding hydrogens is 488 g/mol. The fourth-order valence-electron chi connectivity index (χ4n) is 6.96. The number of carbonyl (C=O) groups excluding carboxylic acids is 5. The number of primary amides is 1. The van der Waals surface area contributed by atoms with E-state index in [2.05, 4.69) is 4.98 Å². The van der Waals surface area contributed by atoms with Crippen LogP contribution in [0.5, 0.6) is 5.75 Å². The lowest BCUT2D eigenvalue weighted by Gasteiger charge is -2.52. The molecule has 1 aromatic carbocycles. The molecule has 6 atom stereocenters. The Bertz CT molecular complexity index is 1370. The van der Waals surface area contributed by atoms with Crippen molar-refractivity contribution in [3.63, 3.8) is 0 Å². The van der Waals surface area contributed by atoms with Crippen LogP contribution in [0.1, 0.15) is 47.4 Å². The molecule has 0 bridgehead atoms. The van der Waals surface area contributed by atoms with Crippen molar-refractivity contribution >= 4 is 29.0 Å². The van der Waals surface area contributed by atoms with Gasteiger partial charge in [0.1, 0.15) is 5.75 Å². The maximum absolute atomic E-state index is 13.9. The number of ketones is 4. The number of phenols is 1. The summed E-state index contributed by atoms with van der Waals surface area (Å²) in [5.74, 6) is -11.4. The molecule has 2 aromatic rings. The Hall–Kier alpha value is -3.72. The number of nitrogens with two attached hydrogens (primary N) is 1. The van der Waals surface area contributed by atoms with Crippen molar-refractivity contribution in [2.45, 2.75) is 45.1 Å². The lowest BCUT2D eigenvalue weighted by molar-refractivity contribution is -0.182. The number of carbonyl (C=O) groups is 5. The standard InChI is InChI=1S/C29H30N2O7/c1-13(2)20-18-12-15-11-17-14(6-8-16-5-3-4-10-31-16)7-9-19(32)22(17)25(34)21(15)26(35)29(18,38)27(36)23(24(20)33)28(30)37/h3-5,7,9-10,13,15,18,20-21,23,32,38H,6,8,11-12H2,1-2H3,(H2,30,37)/t15-,18-,20-,21?,23?,29-/m0/s1. The van der Waals surface area contributed by atoms with E-state index >= 15 is 0 Å². The Kier molecular flexibility index (Phi) is 6.30. The highest BCUT2D eigenvalue weighted by Crippen LogP contribution is 2.53. The van der Waals surface area contributed by atoms with E-state index < -0.39 is 64.2 Å². The number of hydrogen-bond acceptors (Lipinski definition) is 8. The number of Topliss-reactive ketones (excluding diaryl/α,β-unsaturated/α-hetero) is 4. The molecule has 198 valence electrons. The zero-order valence-corrected chi connectivity index (χ0v) is 21.2. The number of nitrogens with zero attached hydrogens (tertiary/aromatic N) is 1. The molecule has 1 aromatic heterocycles. The topological polar surface area (TPSA) is 165 Å². The van der Waals surface area contributed by atoms with E-state index in [4.69, 9.17) is 5.73 Å². The third-order valence-corrected chi connectivity index (χ3v) is 8.67. The van der Waals surface area contributed by atoms with Gasteiger partial charge in [0.2, 0.25) is 5.91 Å². The van der Waals surface area contributed by atoms with Crippen LogP contribution in [0, 0.1) is 35.5 Å². The molecule has 3 aliphatic carbocycles. The van der Waals surface area contributed by atoms with Crippen LogP contribution < -0.4 is 5.73 Å². The molecule has 2 unspecified atom stereocenters. The molecule has 1 amide bonds. The second-order valence-corrected chi connectivity index (χ2v) is 11.1. The first kappa shape index (κ1) is 25.9. The molecule has 0 spiro atoms. The van der Waals surface area contributed by atoms with Gasteiger partial charge < -0.3 is 15.9 Å². The molecule has 0 radical (unpaired) electrons. The summed E-state index contributed by atoms with van der Waals surface area (Å²) in [5, 5.41) is 22.3. The summed E-state index contributed by atoms with van der Waals surface area (Å²) in [6.45, 7) is 3.45. The van der Waals surface area contributed by atoms with Crippen LogP contribution in [0.25, 0.3) is 0 Å². The molecule has 4 N–H and O–H groups in total. The van der Waals surface area contributed by atoms with E-state index in [1.54, 1.807) is 26.1 Å². The molecule has 1 heterocycles. The van der Waals surface area contributed by atoms with Gasteiger partial charge in [0, 0.05) is 23.7 Å². The fourth-order valence-corrected chi connectivity index (χ4v) is 6.96. The van der Waals surface area contributed by atoms with Crippen LogP contribution in [0.15, 0.2) is 36.5 Å². The molecule has 38 heavy (non-hydrogen) atoms. The van der Waals surface area contributed by atoms with E-state index in [1.165, 1.54) is 6.07 Å². The number of phenolic OH excluding ortho intramolecular Hbond substituents is 1. The third-order valence-electron chi connectivity index (χ3n) is 8.67. The molecular formula is C29H30N2O7. The van der Waals surface area contributed by atoms with Crippen molar-refractivity contribution in [3.05, 3.63) is 58.9 Å². The van der Waals surface area contributed by atoms with Gasteiger partial charge in [-0.2, -0.15) is 0 Å². The Balaban J connectivity index is 1.56. The first-order valence-corrected chi connectivity index (χ1v) is 12.9. The molecule has 2 fully saturated rings. The maximum atomic E-state index is 13.9. The molecule has 9 heteroatoms. The van der Waals surface area contributed by atoms with E-state index in [-0.39, 0.29) is 30.1 Å². The van der Waals surface area contributed by atoms with Crippen molar-refractivity contribution < 1.29 is 34.2 Å². The zero-order chi connectivity index (χ0) is 27.5. The number of aliphatic hydroxyl groups is 1. The monoisotopic (exact) mass is 518 g/mol. The van der Waals surface area contributed by atoms with Crippen molar-refractivity contribution in [3.8, 4) is 5.75 Å². The van der Waals surface area contributed by atoms with Gasteiger partial charge >= 0.3 is 0 Å². The quantitative estimate of drug-likeness (QED) is 0.500. The minimum absolute atomic E-state index is 0.0198. The number of amides is 1. The van der Waals surface area contributed by atoms with E-state index in [0.717, 1.165) is 11.3 Å². The number of rotatable bonds is 5. The van der Waals surface area contributed by atoms with Gasteiger partial charge in [-0.25, -0.2) is 0 Å². The summed E-state index contributed by atoms with van der Waals surface area (Å²) < 4.78 is 0. The summed E-state index contributed by atoms with van der Waals surface area (Å²) in [6, 6.07) is 8.78. The van der Waals surface area contributed by atoms with Gasteiger partial charge in [-0.1, -0.05) is 26.0 Å². The molecule has 5 rings (SSSR count). The summed E-state index contributed by atoms with van der Waals surface area (Å²) >= 11 is 0. The Morgan fingerprint density at radius 1 is 1.11 bits per heavy atom. The average Bonchev–Trinajstić information content (AvgIpc) is 2.86. The highest BCUT2D eigenvalue weighted by atomic mass is 16.3. The number of fused-ring (bicyclic) bond motifs is 3. The van der Waals surface area contributed by atoms with Gasteiger partial charge in [-0.05, 0) is 66.8 Å². The minimum Gasteiger partial charge on any atom is -0.507 e. The first-order valence-electron chi connectivity index (χ1n) is 12.9. The predicted molar refractivity (Wildman–Crippen MR) is 134 cm³/mol. The molecule has 0 saturated heterocycles. The van der Waals surface area contributed by atoms with Gasteiger partial charge in [0.25, 0.3) is 0 Å². The summed E-state index contributed by atoms with van der Waals surface area (Å²) in [7, 11) is 0. The number of aromatic nitrogens is 1. The lowest BCUT2D eigenvalue weighted by Crippen LogP contribution is -2.71. The number of benzene rings is 1. The van der Waals surface area contributed by atoms with Gasteiger partial charge in [-0.15, -0.1) is 0 Å². The van der Waals surface area contributed by atoms with Crippen molar-refractivity contribution in [2.24, 2.45) is 41.2 Å². The van der Waals surface area contributed by atoms with Crippen molar-refractivity contribution in [1.29, 1.82) is 0 Å². The second kappa shape index (κ2) is 9.23. The van der Waals surface area contributed by atoms with E-state index in [0.29, 0.717) is 18.4 Å². The summed E-state index contributed by atoms with van der Waals surface area (Å²) in [5.41, 5.74) is 5.05. The first-order chi connectivity index (χ1) is 18.0. The Morgan fingerprint density at radius 3 is 2.47 bits per heavy atom. The van der Waals surface area contributed by atoms with Crippen LogP contribution in [-0.2, 0) is 38.4 Å². The largest absolute Gasteiger partial charge is 0.507 e. The zero-order valence-electron chi connectivity index (χ0n) is 21.2. The number of aryl methyl sites for hydroxylation is 2. The van der Waals surface area contributed by atoms with Gasteiger partial charge in [0.15, 0.2) is 34.7 Å². The number of aromatic hydroxyl groups is 1. The lowest BCUT2D eigenvalue weighted by atomic mass is 9.49. The normalized spacial score (nSPS) is 30.6. The van der Waals surface area contributed by atoms with E-state index in [1.807, 2.05) is 18.2 Å². The molecule has 3 aliphatic rings. The van der Waals surface area contributed by atoms with Crippen LogP contribution in [0.4, 0.5) is 0 Å². The average molecular weight is 519 g/mol. The molecule has 2 saturated carbocycles. The number of pyridine rings is 1. The second-order valence-electron chi connectivity index (χ2n) is 11.1. The SMILES string of the molecule is CC(C)[C@@H]1C(=O)C(C(N)=O)C(=O)[C@@]2(O)C(=O)C3C(=O)c4c(O)ccc(CCc5ccccn5)c4C[C@H]3C[C@@H]12. The van der Waals surface area contributed by atoms with E-state index in [9.17, 15) is 34.2 Å². The van der Waals surface area contributed by atoms with Crippen molar-refractivity contribution in [2.75, 3.05) is 0 Å². The Labute approximate surface area is 219 Å². The third kappa shape index (κ3) is 3.71. The molecule has 0 aliphatic heterocycles. The van der Waals surface area contributed by atoms with Crippen LogP contribution >= 0.6 is 0 Å². The Morgan fingerprint density at radius 2 is 1.84 bits per heavy atom. The highest BCUT2D eigenvalue weighted by Gasteiger charge is 2.69. The van der Waals surface area contributed by atoms with Gasteiger partial charge in [-0.3, -0.25) is 29.0 Å². The van der Waals surface area contributed by atoms with Crippen LogP contribution in [-0.4, -0.2) is 49.8 Å². The summed E-state index contributed by atoms with van der Waals surface area (Å²) in [6.07, 6.45) is 3.19. The predicted octanol–water partition coefficient (Wildman–Crippen LogP) is 1.39. The maximum Gasteiger partial charge on any atom is 0.235 e. The summed E-state index contributed by atoms with van der Waals surface area (Å²) in [4.78, 5) is 70.6. The van der Waals surface area contributed by atoms with Crippen LogP contribution in [0.2, 0.25) is 0 Å². The smallest absolute Gasteiger partial charge is 0.235 e. The van der Waals surface area contributed by atoms with Gasteiger partial charge in [0.05, 0.1) is 11.5 Å². The van der Waals surface area contributed by atoms with Crippen LogP contribution in [0.3, 0.4) is 0 Å². The number of hydrogen-bond donors (Lipinski definition) is 3. The van der Waals surface area contributed by atoms with Crippen molar-refractivity contribution in [1.82, 2.24) is 4.98 Å². The fraction of sp³-hybridized carbons (Fsp3) is 0.448. The highest BCUT2D eigenvalue weighted by molar-refractivity contribution is 6.31. The molecule has 9 nitrogen and oxygen atoms in total. The minimum atomic E-state index is -2.68.